The summed E-state index contributed by atoms with van der Waals surface area (Å²) in [5.74, 6) is -0.338. The van der Waals surface area contributed by atoms with Gasteiger partial charge in [0.15, 0.2) is 0 Å². The van der Waals surface area contributed by atoms with Crippen molar-refractivity contribution >= 4 is 13.8 Å². The quantitative estimate of drug-likeness (QED) is 0.0197. The van der Waals surface area contributed by atoms with E-state index in [1.807, 2.05) is 21.1 Å². The third kappa shape index (κ3) is 53.0. The van der Waals surface area contributed by atoms with Crippen molar-refractivity contribution in [3.05, 3.63) is 60.8 Å². The van der Waals surface area contributed by atoms with Crippen molar-refractivity contribution in [2.75, 3.05) is 54.1 Å². The van der Waals surface area contributed by atoms with Crippen molar-refractivity contribution in [1.29, 1.82) is 0 Å². The van der Waals surface area contributed by atoms with Gasteiger partial charge >= 0.3 is 5.97 Å². The van der Waals surface area contributed by atoms with Crippen LogP contribution in [0.1, 0.15) is 232 Å². The number of allylic oxidation sites excluding steroid dienone is 10. The van der Waals surface area contributed by atoms with E-state index in [0.717, 1.165) is 57.8 Å². The van der Waals surface area contributed by atoms with Gasteiger partial charge in [0.2, 0.25) is 0 Å². The zero-order valence-electron chi connectivity index (χ0n) is 43.2. The molecule has 0 radical (unpaired) electrons. The zero-order chi connectivity index (χ0) is 47.6. The third-order valence-electron chi connectivity index (χ3n) is 11.6. The summed E-state index contributed by atoms with van der Waals surface area (Å²) >= 11 is 0. The van der Waals surface area contributed by atoms with Crippen LogP contribution in [0.2, 0.25) is 0 Å². The maximum Gasteiger partial charge on any atom is 0.306 e. The largest absolute Gasteiger partial charge is 0.756 e. The van der Waals surface area contributed by atoms with E-state index in [-0.39, 0.29) is 25.8 Å². The minimum atomic E-state index is -4.54. The zero-order valence-corrected chi connectivity index (χ0v) is 44.1. The van der Waals surface area contributed by atoms with Gasteiger partial charge in [-0.1, -0.05) is 209 Å². The molecule has 0 aromatic heterocycles. The molecule has 0 heterocycles. The van der Waals surface area contributed by atoms with Gasteiger partial charge in [-0.2, -0.15) is 0 Å². The van der Waals surface area contributed by atoms with Crippen molar-refractivity contribution in [1.82, 2.24) is 0 Å². The van der Waals surface area contributed by atoms with Crippen LogP contribution in [-0.2, 0) is 27.9 Å². The SMILES string of the molecule is CC/C=C\C/C=C\C/C=C\C/C=C\CCCCCCCCCCCOCC(COP(=O)([O-])OCC[N+](C)(C)C)OC(=O)CCCCCCCCCCC/C=C\CCCCCCCCCC. The van der Waals surface area contributed by atoms with Crippen molar-refractivity contribution in [3.8, 4) is 0 Å². The van der Waals surface area contributed by atoms with E-state index in [1.54, 1.807) is 0 Å². The van der Waals surface area contributed by atoms with Gasteiger partial charge in [-0.3, -0.25) is 9.36 Å². The highest BCUT2D eigenvalue weighted by atomic mass is 31.2. The molecule has 9 heteroatoms. The lowest BCUT2D eigenvalue weighted by Gasteiger charge is -2.28. The Kier molecular flexibility index (Phi) is 47.3. The molecule has 0 saturated carbocycles. The highest BCUT2D eigenvalue weighted by Gasteiger charge is 2.20. The molecule has 0 aromatic carbocycles. The second kappa shape index (κ2) is 48.6. The fourth-order valence-electron chi connectivity index (χ4n) is 7.42. The average Bonchev–Trinajstić information content (AvgIpc) is 3.27. The molecule has 8 nitrogen and oxygen atoms in total. The van der Waals surface area contributed by atoms with E-state index in [2.05, 4.69) is 74.6 Å². The molecule has 0 saturated heterocycles. The Labute approximate surface area is 402 Å². The predicted octanol–water partition coefficient (Wildman–Crippen LogP) is 16.2. The van der Waals surface area contributed by atoms with Crippen LogP contribution in [-0.4, -0.2) is 70.7 Å². The van der Waals surface area contributed by atoms with Crippen molar-refractivity contribution in [2.24, 2.45) is 0 Å². The number of rotatable bonds is 50. The minimum Gasteiger partial charge on any atom is -0.756 e. The Morgan fingerprint density at radius 1 is 0.492 bits per heavy atom. The van der Waals surface area contributed by atoms with Crippen LogP contribution in [0.25, 0.3) is 0 Å². The fourth-order valence-corrected chi connectivity index (χ4v) is 8.14. The van der Waals surface area contributed by atoms with E-state index >= 15 is 0 Å². The number of phosphoric ester groups is 1. The van der Waals surface area contributed by atoms with Crippen molar-refractivity contribution in [2.45, 2.75) is 238 Å². The van der Waals surface area contributed by atoms with Crippen LogP contribution < -0.4 is 4.89 Å². The lowest BCUT2D eigenvalue weighted by atomic mass is 10.1. The van der Waals surface area contributed by atoms with Gasteiger partial charge in [-0.25, -0.2) is 0 Å². The first-order valence-electron chi connectivity index (χ1n) is 27.0. The molecule has 0 N–H and O–H groups in total. The first kappa shape index (κ1) is 63.2. The lowest BCUT2D eigenvalue weighted by molar-refractivity contribution is -0.870. The molecular formula is C56H104NO7P. The number of hydrogen-bond donors (Lipinski definition) is 0. The molecule has 0 amide bonds. The number of esters is 1. The highest BCUT2D eigenvalue weighted by Crippen LogP contribution is 2.38. The minimum absolute atomic E-state index is 0.0228. The Morgan fingerprint density at radius 2 is 0.892 bits per heavy atom. The molecule has 0 aliphatic rings. The Balaban J connectivity index is 4.13. The summed E-state index contributed by atoms with van der Waals surface area (Å²) in [5.41, 5.74) is 0. The van der Waals surface area contributed by atoms with Gasteiger partial charge in [-0.05, 0) is 77.0 Å². The number of nitrogens with zero attached hydrogens (tertiary/aromatic N) is 1. The van der Waals surface area contributed by atoms with Crippen molar-refractivity contribution in [3.63, 3.8) is 0 Å². The number of ether oxygens (including phenoxy) is 2. The molecule has 65 heavy (non-hydrogen) atoms. The molecule has 380 valence electrons. The van der Waals surface area contributed by atoms with Gasteiger partial charge in [0.05, 0.1) is 34.4 Å². The summed E-state index contributed by atoms with van der Waals surface area (Å²) < 4.78 is 34.8. The Hall–Kier alpha value is -1.80. The van der Waals surface area contributed by atoms with Crippen LogP contribution in [0.4, 0.5) is 0 Å². The number of likely N-dealkylation sites (N-methyl/N-ethyl adjacent to an activating group) is 1. The summed E-state index contributed by atoms with van der Waals surface area (Å²) in [7, 11) is 1.35. The molecule has 2 unspecified atom stereocenters. The topological polar surface area (TPSA) is 94.1 Å². The third-order valence-corrected chi connectivity index (χ3v) is 12.5. The maximum atomic E-state index is 12.8. The summed E-state index contributed by atoms with van der Waals surface area (Å²) in [6.07, 6.45) is 62.5. The van der Waals surface area contributed by atoms with E-state index in [4.69, 9.17) is 18.5 Å². The maximum absolute atomic E-state index is 12.8. The van der Waals surface area contributed by atoms with E-state index in [1.165, 1.54) is 154 Å². The van der Waals surface area contributed by atoms with Crippen LogP contribution in [0.15, 0.2) is 60.8 Å². The molecule has 0 bridgehead atoms. The van der Waals surface area contributed by atoms with Gasteiger partial charge in [0.25, 0.3) is 7.82 Å². The number of carbonyl (C=O) groups excluding carboxylic acids is 1. The number of hydrogen-bond acceptors (Lipinski definition) is 7. The first-order chi connectivity index (χ1) is 31.6. The monoisotopic (exact) mass is 934 g/mol. The summed E-state index contributed by atoms with van der Waals surface area (Å²) in [4.78, 5) is 25.2. The van der Waals surface area contributed by atoms with E-state index in [0.29, 0.717) is 24.1 Å². The van der Waals surface area contributed by atoms with Gasteiger partial charge < -0.3 is 27.9 Å². The second-order valence-electron chi connectivity index (χ2n) is 19.2. The Morgan fingerprint density at radius 3 is 1.35 bits per heavy atom. The number of carbonyl (C=O) groups is 1. The number of unbranched alkanes of at least 4 members (excludes halogenated alkanes) is 26. The first-order valence-corrected chi connectivity index (χ1v) is 28.5. The summed E-state index contributed by atoms with van der Waals surface area (Å²) in [6.45, 7) is 5.31. The van der Waals surface area contributed by atoms with E-state index in [9.17, 15) is 14.3 Å². The van der Waals surface area contributed by atoms with Crippen molar-refractivity contribution < 1.29 is 37.3 Å². The molecule has 0 aliphatic heterocycles. The molecule has 2 atom stereocenters. The number of phosphoric acid groups is 1. The smallest absolute Gasteiger partial charge is 0.306 e. The standard InChI is InChI=1S/C56H104NO7P/c1-6-8-10-12-14-16-18-20-22-24-26-28-30-32-34-36-38-40-42-44-46-48-51-61-53-55(54-63-65(59,60)62-52-50-57(3,4)5)64-56(58)49-47-45-43-41-39-37-35-33-31-29-27-25-23-21-19-17-15-13-11-9-7-2/h8,10,14,16,20,22,25-28,55H,6-7,9,11-13,15,17-19,21,23-24,29-54H2,1-5H3/b10-8-,16-14-,22-20-,27-25-,28-26-. The fraction of sp³-hybridized carbons (Fsp3) is 0.804. The molecule has 0 rings (SSSR count). The second-order valence-corrected chi connectivity index (χ2v) is 20.6. The van der Waals surface area contributed by atoms with E-state index < -0.39 is 13.9 Å². The van der Waals surface area contributed by atoms with Crippen LogP contribution in [0, 0.1) is 0 Å². The average molecular weight is 934 g/mol. The lowest BCUT2D eigenvalue weighted by Crippen LogP contribution is -2.37. The highest BCUT2D eigenvalue weighted by molar-refractivity contribution is 7.45. The van der Waals surface area contributed by atoms with Gasteiger partial charge in [-0.15, -0.1) is 0 Å². The Bertz CT molecular complexity index is 1220. The van der Waals surface area contributed by atoms with Crippen LogP contribution >= 0.6 is 7.82 Å². The molecular weight excluding hydrogens is 830 g/mol. The van der Waals surface area contributed by atoms with Gasteiger partial charge in [0.1, 0.15) is 19.3 Å². The summed E-state index contributed by atoms with van der Waals surface area (Å²) in [5, 5.41) is 0. The predicted molar refractivity (Wildman–Crippen MR) is 277 cm³/mol. The van der Waals surface area contributed by atoms with Crippen LogP contribution in [0.5, 0.6) is 0 Å². The normalized spacial score (nSPS) is 14.0. The van der Waals surface area contributed by atoms with Crippen LogP contribution in [0.3, 0.4) is 0 Å². The van der Waals surface area contributed by atoms with Gasteiger partial charge in [0, 0.05) is 13.0 Å². The molecule has 0 aliphatic carbocycles. The number of quaternary nitrogens is 1. The molecule has 0 spiro atoms. The molecule has 0 fully saturated rings. The molecule has 0 aromatic rings. The summed E-state index contributed by atoms with van der Waals surface area (Å²) in [6, 6.07) is 0.